The SMILES string of the molecule is CCc1ccc(CNS(=O)(=O)CCO)cc1. The summed E-state index contributed by atoms with van der Waals surface area (Å²) in [6.07, 6.45) is 0.969. The Balaban J connectivity index is 2.54. The van der Waals surface area contributed by atoms with Gasteiger partial charge < -0.3 is 5.11 Å². The highest BCUT2D eigenvalue weighted by molar-refractivity contribution is 7.89. The second-order valence-electron chi connectivity index (χ2n) is 3.53. The van der Waals surface area contributed by atoms with E-state index in [2.05, 4.69) is 11.6 Å². The molecule has 5 heteroatoms. The molecule has 0 spiro atoms. The van der Waals surface area contributed by atoms with Crippen molar-refractivity contribution in [2.75, 3.05) is 12.4 Å². The fraction of sp³-hybridized carbons (Fsp3) is 0.455. The molecule has 1 aromatic carbocycles. The van der Waals surface area contributed by atoms with Crippen LogP contribution in [0.3, 0.4) is 0 Å². The molecule has 0 saturated heterocycles. The third-order valence-electron chi connectivity index (χ3n) is 2.29. The van der Waals surface area contributed by atoms with Gasteiger partial charge >= 0.3 is 0 Å². The number of hydrogen-bond donors (Lipinski definition) is 2. The maximum atomic E-state index is 11.3. The minimum Gasteiger partial charge on any atom is -0.395 e. The van der Waals surface area contributed by atoms with Crippen LogP contribution in [0.4, 0.5) is 0 Å². The molecular formula is C11H17NO3S. The Hall–Kier alpha value is -0.910. The Morgan fingerprint density at radius 1 is 1.19 bits per heavy atom. The molecule has 0 aromatic heterocycles. The van der Waals surface area contributed by atoms with Gasteiger partial charge in [-0.2, -0.15) is 0 Å². The third-order valence-corrected chi connectivity index (χ3v) is 3.59. The first-order valence-electron chi connectivity index (χ1n) is 5.23. The van der Waals surface area contributed by atoms with E-state index in [4.69, 9.17) is 5.11 Å². The molecule has 16 heavy (non-hydrogen) atoms. The molecule has 1 aromatic rings. The highest BCUT2D eigenvalue weighted by atomic mass is 32.2. The fourth-order valence-electron chi connectivity index (χ4n) is 1.28. The van der Waals surface area contributed by atoms with E-state index in [0.29, 0.717) is 0 Å². The van der Waals surface area contributed by atoms with E-state index in [1.54, 1.807) is 0 Å². The molecule has 1 rings (SSSR count). The standard InChI is InChI=1S/C11H17NO3S/c1-2-10-3-5-11(6-4-10)9-12-16(14,15)8-7-13/h3-6,12-13H,2,7-9H2,1H3. The Bertz CT molecular complexity index is 411. The quantitative estimate of drug-likeness (QED) is 0.771. The molecule has 90 valence electrons. The molecule has 0 amide bonds. The predicted octanol–water partition coefficient (Wildman–Crippen LogP) is 0.661. The van der Waals surface area contributed by atoms with Gasteiger partial charge in [0.15, 0.2) is 0 Å². The molecule has 0 bridgehead atoms. The van der Waals surface area contributed by atoms with Gasteiger partial charge in [0.1, 0.15) is 0 Å². The number of aliphatic hydroxyl groups is 1. The van der Waals surface area contributed by atoms with E-state index in [1.165, 1.54) is 5.56 Å². The van der Waals surface area contributed by atoms with Crippen LogP contribution in [0.1, 0.15) is 18.1 Å². The second-order valence-corrected chi connectivity index (χ2v) is 5.46. The number of rotatable bonds is 6. The van der Waals surface area contributed by atoms with Gasteiger partial charge in [-0.15, -0.1) is 0 Å². The molecule has 0 aliphatic rings. The molecule has 0 heterocycles. The molecule has 0 radical (unpaired) electrons. The van der Waals surface area contributed by atoms with Gasteiger partial charge in [-0.3, -0.25) is 0 Å². The van der Waals surface area contributed by atoms with Crippen LogP contribution >= 0.6 is 0 Å². The Kier molecular flexibility index (Phi) is 4.92. The van der Waals surface area contributed by atoms with Crippen molar-refractivity contribution in [2.45, 2.75) is 19.9 Å². The lowest BCUT2D eigenvalue weighted by molar-refractivity contribution is 0.319. The molecule has 0 saturated carbocycles. The van der Waals surface area contributed by atoms with Crippen LogP contribution < -0.4 is 4.72 Å². The zero-order chi connectivity index (χ0) is 12.0. The molecule has 2 N–H and O–H groups in total. The van der Waals surface area contributed by atoms with Gasteiger partial charge in [0.05, 0.1) is 12.4 Å². The van der Waals surface area contributed by atoms with Gasteiger partial charge in [0.2, 0.25) is 10.0 Å². The summed E-state index contributed by atoms with van der Waals surface area (Å²) in [6, 6.07) is 7.77. The normalized spacial score (nSPS) is 11.6. The smallest absolute Gasteiger partial charge is 0.214 e. The minimum atomic E-state index is -3.35. The van der Waals surface area contributed by atoms with Crippen molar-refractivity contribution in [1.29, 1.82) is 0 Å². The maximum absolute atomic E-state index is 11.3. The van der Waals surface area contributed by atoms with Gasteiger partial charge in [0.25, 0.3) is 0 Å². The number of sulfonamides is 1. The molecule has 0 fully saturated rings. The molecule has 4 nitrogen and oxygen atoms in total. The lowest BCUT2D eigenvalue weighted by Gasteiger charge is -2.05. The van der Waals surface area contributed by atoms with Gasteiger partial charge in [-0.05, 0) is 17.5 Å². The largest absolute Gasteiger partial charge is 0.395 e. The van der Waals surface area contributed by atoms with Crippen LogP contribution in [0.15, 0.2) is 24.3 Å². The van der Waals surface area contributed by atoms with E-state index in [1.807, 2.05) is 24.3 Å². The first kappa shape index (κ1) is 13.2. The van der Waals surface area contributed by atoms with Crippen molar-refractivity contribution in [2.24, 2.45) is 0 Å². The van der Waals surface area contributed by atoms with E-state index < -0.39 is 10.0 Å². The highest BCUT2D eigenvalue weighted by Crippen LogP contribution is 2.05. The van der Waals surface area contributed by atoms with Crippen molar-refractivity contribution in [1.82, 2.24) is 4.72 Å². The minimum absolute atomic E-state index is 0.250. The van der Waals surface area contributed by atoms with E-state index in [9.17, 15) is 8.42 Å². The summed E-state index contributed by atoms with van der Waals surface area (Å²) in [5, 5.41) is 8.55. The van der Waals surface area contributed by atoms with Gasteiger partial charge in [-0.1, -0.05) is 31.2 Å². The summed E-state index contributed by atoms with van der Waals surface area (Å²) in [5.41, 5.74) is 2.14. The topological polar surface area (TPSA) is 66.4 Å². The van der Waals surface area contributed by atoms with Crippen LogP contribution in [-0.2, 0) is 23.0 Å². The summed E-state index contributed by atoms with van der Waals surface area (Å²) in [7, 11) is -3.35. The molecule has 0 atom stereocenters. The van der Waals surface area contributed by atoms with Crippen LogP contribution in [0.2, 0.25) is 0 Å². The zero-order valence-corrected chi connectivity index (χ0v) is 10.1. The van der Waals surface area contributed by atoms with E-state index in [0.717, 1.165) is 12.0 Å². The number of aliphatic hydroxyl groups excluding tert-OH is 1. The summed E-state index contributed by atoms with van der Waals surface area (Å²) in [6.45, 7) is 1.98. The maximum Gasteiger partial charge on any atom is 0.214 e. The highest BCUT2D eigenvalue weighted by Gasteiger charge is 2.08. The second kappa shape index (κ2) is 5.98. The van der Waals surface area contributed by atoms with Crippen LogP contribution in [0, 0.1) is 0 Å². The number of hydrogen-bond acceptors (Lipinski definition) is 3. The first-order valence-corrected chi connectivity index (χ1v) is 6.88. The van der Waals surface area contributed by atoms with Crippen LogP contribution in [0.5, 0.6) is 0 Å². The zero-order valence-electron chi connectivity index (χ0n) is 9.31. The van der Waals surface area contributed by atoms with E-state index >= 15 is 0 Å². The van der Waals surface area contributed by atoms with Crippen molar-refractivity contribution in [3.63, 3.8) is 0 Å². The van der Waals surface area contributed by atoms with E-state index in [-0.39, 0.29) is 18.9 Å². The number of aryl methyl sites for hydroxylation is 1. The predicted molar refractivity (Wildman–Crippen MR) is 63.5 cm³/mol. The van der Waals surface area contributed by atoms with Crippen molar-refractivity contribution < 1.29 is 13.5 Å². The monoisotopic (exact) mass is 243 g/mol. The molecular weight excluding hydrogens is 226 g/mol. The van der Waals surface area contributed by atoms with Crippen LogP contribution in [-0.4, -0.2) is 25.9 Å². The summed E-state index contributed by atoms with van der Waals surface area (Å²) < 4.78 is 24.9. The average Bonchev–Trinajstić information content (AvgIpc) is 2.27. The van der Waals surface area contributed by atoms with Crippen molar-refractivity contribution in [3.05, 3.63) is 35.4 Å². The number of nitrogens with one attached hydrogen (secondary N) is 1. The fourth-order valence-corrected chi connectivity index (χ4v) is 2.05. The first-order chi connectivity index (χ1) is 7.57. The molecule has 0 aliphatic carbocycles. The summed E-state index contributed by atoms with van der Waals surface area (Å²) in [4.78, 5) is 0. The molecule has 0 unspecified atom stereocenters. The Morgan fingerprint density at radius 2 is 1.75 bits per heavy atom. The van der Waals surface area contributed by atoms with Crippen LogP contribution in [0.25, 0.3) is 0 Å². The molecule has 0 aliphatic heterocycles. The summed E-state index contributed by atoms with van der Waals surface area (Å²) >= 11 is 0. The van der Waals surface area contributed by atoms with Crippen molar-refractivity contribution >= 4 is 10.0 Å². The average molecular weight is 243 g/mol. The van der Waals surface area contributed by atoms with Gasteiger partial charge in [0, 0.05) is 6.54 Å². The lowest BCUT2D eigenvalue weighted by atomic mass is 10.1. The van der Waals surface area contributed by atoms with Crippen molar-refractivity contribution in [3.8, 4) is 0 Å². The third kappa shape index (κ3) is 4.30. The summed E-state index contributed by atoms with van der Waals surface area (Å²) in [5.74, 6) is -0.250. The lowest BCUT2D eigenvalue weighted by Crippen LogP contribution is -2.27. The Morgan fingerprint density at radius 3 is 2.25 bits per heavy atom. The Labute approximate surface area is 96.4 Å². The number of benzene rings is 1. The van der Waals surface area contributed by atoms with Gasteiger partial charge in [-0.25, -0.2) is 13.1 Å².